The largest absolute Gasteiger partial charge is 0.492 e. The topological polar surface area (TPSA) is 57.2 Å². The summed E-state index contributed by atoms with van der Waals surface area (Å²) in [6.07, 6.45) is 1.88. The third-order valence-corrected chi connectivity index (χ3v) is 5.17. The van der Waals surface area contributed by atoms with Crippen LogP contribution >= 0.6 is 0 Å². The molecule has 1 heterocycles. The van der Waals surface area contributed by atoms with Gasteiger partial charge < -0.3 is 23.8 Å². The van der Waals surface area contributed by atoms with Crippen LogP contribution in [0.3, 0.4) is 0 Å². The molecule has 6 heteroatoms. The molecule has 0 fully saturated rings. The Morgan fingerprint density at radius 3 is 2.68 bits per heavy atom. The van der Waals surface area contributed by atoms with Crippen LogP contribution in [-0.4, -0.2) is 51.6 Å². The van der Waals surface area contributed by atoms with Gasteiger partial charge in [0.15, 0.2) is 6.10 Å². The van der Waals surface area contributed by atoms with Crippen LogP contribution in [0.5, 0.6) is 11.5 Å². The number of esters is 1. The molecule has 31 heavy (non-hydrogen) atoms. The van der Waals surface area contributed by atoms with Gasteiger partial charge in [-0.2, -0.15) is 0 Å². The zero-order valence-electron chi connectivity index (χ0n) is 18.5. The van der Waals surface area contributed by atoms with Crippen LogP contribution in [0.4, 0.5) is 5.69 Å². The normalized spacial score (nSPS) is 13.8. The monoisotopic (exact) mass is 427 g/mol. The lowest BCUT2D eigenvalue weighted by molar-refractivity contribution is -0.156. The van der Waals surface area contributed by atoms with Gasteiger partial charge in [-0.15, -0.1) is 0 Å². The Hall–Kier alpha value is -2.73. The Labute approximate surface area is 185 Å². The van der Waals surface area contributed by atoms with Crippen molar-refractivity contribution in [3.05, 3.63) is 54.1 Å². The number of nitrogens with zero attached hydrogens (tertiary/aromatic N) is 1. The molecule has 1 unspecified atom stereocenters. The van der Waals surface area contributed by atoms with E-state index in [1.807, 2.05) is 49.4 Å². The van der Waals surface area contributed by atoms with Gasteiger partial charge in [0.1, 0.15) is 24.7 Å². The molecule has 168 valence electrons. The van der Waals surface area contributed by atoms with E-state index in [1.165, 1.54) is 0 Å². The average molecular weight is 428 g/mol. The molecule has 1 aliphatic heterocycles. The highest BCUT2D eigenvalue weighted by atomic mass is 16.6. The molecule has 1 atom stereocenters. The fourth-order valence-corrected chi connectivity index (χ4v) is 3.48. The zero-order chi connectivity index (χ0) is 21.9. The van der Waals surface area contributed by atoms with Crippen LogP contribution in [-0.2, 0) is 20.7 Å². The van der Waals surface area contributed by atoms with E-state index in [4.69, 9.17) is 18.9 Å². The number of unbranched alkanes of at least 4 members (excludes halogenated alkanes) is 1. The number of benzene rings is 2. The van der Waals surface area contributed by atoms with Gasteiger partial charge in [0.05, 0.1) is 25.4 Å². The molecule has 1 aliphatic rings. The lowest BCUT2D eigenvalue weighted by Gasteiger charge is -2.31. The van der Waals surface area contributed by atoms with Crippen LogP contribution in [0.2, 0.25) is 0 Å². The second-order valence-corrected chi connectivity index (χ2v) is 7.46. The van der Waals surface area contributed by atoms with Crippen molar-refractivity contribution in [1.82, 2.24) is 0 Å². The van der Waals surface area contributed by atoms with Crippen molar-refractivity contribution in [3.63, 3.8) is 0 Å². The first-order chi connectivity index (χ1) is 15.2. The maximum absolute atomic E-state index is 12.2. The van der Waals surface area contributed by atoms with E-state index in [0.29, 0.717) is 32.8 Å². The van der Waals surface area contributed by atoms with Crippen LogP contribution in [0.15, 0.2) is 48.5 Å². The summed E-state index contributed by atoms with van der Waals surface area (Å²) in [5.41, 5.74) is 2.13. The first-order valence-corrected chi connectivity index (χ1v) is 11.2. The van der Waals surface area contributed by atoms with Crippen molar-refractivity contribution >= 4 is 11.7 Å². The van der Waals surface area contributed by atoms with Crippen LogP contribution < -0.4 is 14.4 Å². The summed E-state index contributed by atoms with van der Waals surface area (Å²) in [6, 6.07) is 15.9. The first kappa shape index (κ1) is 22.9. The molecular formula is C25H33NO5. The fraction of sp³-hybridized carbons (Fsp3) is 0.480. The minimum absolute atomic E-state index is 0.301. The number of para-hydroxylation sites is 2. The van der Waals surface area contributed by atoms with Gasteiger partial charge in [-0.1, -0.05) is 37.6 Å². The number of carbonyl (C=O) groups excluding carboxylic acids is 1. The van der Waals surface area contributed by atoms with E-state index in [0.717, 1.165) is 48.7 Å². The van der Waals surface area contributed by atoms with Gasteiger partial charge in [-0.25, -0.2) is 4.79 Å². The molecule has 3 rings (SSSR count). The van der Waals surface area contributed by atoms with Crippen LogP contribution in [0, 0.1) is 0 Å². The first-order valence-electron chi connectivity index (χ1n) is 11.2. The summed E-state index contributed by atoms with van der Waals surface area (Å²) < 4.78 is 22.6. The van der Waals surface area contributed by atoms with Gasteiger partial charge in [0, 0.05) is 13.0 Å². The van der Waals surface area contributed by atoms with Crippen molar-refractivity contribution in [2.24, 2.45) is 0 Å². The minimum atomic E-state index is -0.570. The molecule has 2 aromatic carbocycles. The Bertz CT molecular complexity index is 808. The molecule has 0 aromatic heterocycles. The predicted molar refractivity (Wildman–Crippen MR) is 121 cm³/mol. The summed E-state index contributed by atoms with van der Waals surface area (Å²) in [5.74, 6) is 1.44. The highest BCUT2D eigenvalue weighted by molar-refractivity contribution is 5.75. The molecule has 0 saturated carbocycles. The predicted octanol–water partition coefficient (Wildman–Crippen LogP) is 4.26. The van der Waals surface area contributed by atoms with Crippen LogP contribution in [0.25, 0.3) is 0 Å². The average Bonchev–Trinajstić information content (AvgIpc) is 2.80. The van der Waals surface area contributed by atoms with E-state index in [9.17, 15) is 4.79 Å². The molecule has 6 nitrogen and oxygen atoms in total. The number of rotatable bonds is 12. The lowest BCUT2D eigenvalue weighted by Crippen LogP contribution is -2.35. The molecule has 0 aliphatic carbocycles. The van der Waals surface area contributed by atoms with E-state index >= 15 is 0 Å². The highest BCUT2D eigenvalue weighted by Crippen LogP contribution is 2.30. The highest BCUT2D eigenvalue weighted by Gasteiger charge is 2.21. The van der Waals surface area contributed by atoms with E-state index < -0.39 is 6.10 Å². The minimum Gasteiger partial charge on any atom is -0.492 e. The van der Waals surface area contributed by atoms with Gasteiger partial charge in [-0.3, -0.25) is 0 Å². The third-order valence-electron chi connectivity index (χ3n) is 5.17. The van der Waals surface area contributed by atoms with Crippen molar-refractivity contribution in [2.75, 3.05) is 44.4 Å². The van der Waals surface area contributed by atoms with Crippen molar-refractivity contribution in [1.29, 1.82) is 0 Å². The Morgan fingerprint density at radius 2 is 1.90 bits per heavy atom. The number of carbonyl (C=O) groups is 1. The van der Waals surface area contributed by atoms with Crippen molar-refractivity contribution in [3.8, 4) is 11.5 Å². The number of hydrogen-bond acceptors (Lipinski definition) is 6. The SMILES string of the molecule is CCCCOC(Cc1ccc(OCCN2CCOc3ccccc32)cc1)C(=O)OCC. The summed E-state index contributed by atoms with van der Waals surface area (Å²) in [7, 11) is 0. The quantitative estimate of drug-likeness (QED) is 0.373. The molecule has 0 spiro atoms. The molecule has 0 radical (unpaired) electrons. The molecule has 0 bridgehead atoms. The summed E-state index contributed by atoms with van der Waals surface area (Å²) in [4.78, 5) is 14.5. The van der Waals surface area contributed by atoms with E-state index in [-0.39, 0.29) is 5.97 Å². The number of hydrogen-bond donors (Lipinski definition) is 0. The maximum atomic E-state index is 12.2. The smallest absolute Gasteiger partial charge is 0.335 e. The fourth-order valence-electron chi connectivity index (χ4n) is 3.48. The Balaban J connectivity index is 1.49. The maximum Gasteiger partial charge on any atom is 0.335 e. The Morgan fingerprint density at radius 1 is 1.10 bits per heavy atom. The molecule has 0 saturated heterocycles. The van der Waals surface area contributed by atoms with Gasteiger partial charge >= 0.3 is 5.97 Å². The van der Waals surface area contributed by atoms with Crippen molar-refractivity contribution in [2.45, 2.75) is 39.2 Å². The van der Waals surface area contributed by atoms with Crippen LogP contribution in [0.1, 0.15) is 32.3 Å². The Kier molecular flexibility index (Phi) is 9.03. The number of anilines is 1. The van der Waals surface area contributed by atoms with E-state index in [1.54, 1.807) is 0 Å². The second kappa shape index (κ2) is 12.2. The summed E-state index contributed by atoms with van der Waals surface area (Å²) in [6.45, 7) is 7.73. The molecular weight excluding hydrogens is 394 g/mol. The standard InChI is InChI=1S/C25H33NO5/c1-3-5-16-30-24(25(27)28-4-2)19-20-10-12-21(13-11-20)29-17-14-26-15-18-31-23-9-7-6-8-22(23)26/h6-13,24H,3-5,14-19H2,1-2H3. The molecule has 0 N–H and O–H groups in total. The van der Waals surface area contributed by atoms with Gasteiger partial charge in [0.2, 0.25) is 0 Å². The second-order valence-electron chi connectivity index (χ2n) is 7.46. The summed E-state index contributed by atoms with van der Waals surface area (Å²) >= 11 is 0. The molecule has 2 aromatic rings. The summed E-state index contributed by atoms with van der Waals surface area (Å²) in [5, 5.41) is 0. The zero-order valence-corrected chi connectivity index (χ0v) is 18.5. The van der Waals surface area contributed by atoms with Gasteiger partial charge in [-0.05, 0) is 43.2 Å². The number of fused-ring (bicyclic) bond motifs is 1. The number of ether oxygens (including phenoxy) is 4. The van der Waals surface area contributed by atoms with E-state index in [2.05, 4.69) is 17.9 Å². The lowest BCUT2D eigenvalue weighted by atomic mass is 10.1. The van der Waals surface area contributed by atoms with Gasteiger partial charge in [0.25, 0.3) is 0 Å². The third kappa shape index (κ3) is 6.89. The van der Waals surface area contributed by atoms with Crippen molar-refractivity contribution < 1.29 is 23.7 Å². The molecule has 0 amide bonds.